The third kappa shape index (κ3) is 6.76. The monoisotopic (exact) mass is 337 g/mol. The Balaban J connectivity index is 2.34. The number of hydrogen-bond acceptors (Lipinski definition) is 5. The Kier molecular flexibility index (Phi) is 7.88. The molecule has 24 heavy (non-hydrogen) atoms. The Morgan fingerprint density at radius 1 is 1.04 bits per heavy atom. The summed E-state index contributed by atoms with van der Waals surface area (Å²) in [5.74, 6) is 0. The molecule has 0 atom stereocenters. The minimum atomic E-state index is -0.432. The minimum Gasteiger partial charge on any atom is -0.447 e. The average Bonchev–Trinajstić information content (AvgIpc) is 2.56. The zero-order valence-electron chi connectivity index (χ0n) is 15.0. The van der Waals surface area contributed by atoms with Crippen molar-refractivity contribution in [2.24, 2.45) is 0 Å². The molecule has 0 spiro atoms. The average molecular weight is 337 g/mol. The molecule has 134 valence electrons. The van der Waals surface area contributed by atoms with Crippen molar-refractivity contribution in [3.8, 4) is 0 Å². The van der Waals surface area contributed by atoms with Gasteiger partial charge in [-0.05, 0) is 31.5 Å². The van der Waals surface area contributed by atoms with Crippen LogP contribution < -0.4 is 5.32 Å². The van der Waals surface area contributed by atoms with Gasteiger partial charge in [-0.2, -0.15) is 0 Å². The van der Waals surface area contributed by atoms with Gasteiger partial charge in [-0.25, -0.2) is 9.59 Å². The van der Waals surface area contributed by atoms with Gasteiger partial charge in [0.25, 0.3) is 0 Å². The Labute approximate surface area is 143 Å². The zero-order chi connectivity index (χ0) is 18.1. The Bertz CT molecular complexity index is 531. The molecule has 0 aliphatic carbocycles. The van der Waals surface area contributed by atoms with E-state index in [0.29, 0.717) is 13.1 Å². The van der Waals surface area contributed by atoms with Crippen molar-refractivity contribution >= 4 is 17.9 Å². The maximum atomic E-state index is 12.0. The highest BCUT2D eigenvalue weighted by Gasteiger charge is 2.15. The van der Waals surface area contributed by atoms with Gasteiger partial charge in [0.05, 0.1) is 6.10 Å². The molecule has 1 N–H and O–H groups in total. The first kappa shape index (κ1) is 19.6. The number of ether oxygens (including phenoxy) is 2. The summed E-state index contributed by atoms with van der Waals surface area (Å²) in [7, 11) is 5.11. The Hall–Kier alpha value is -2.44. The number of rotatable bonds is 7. The molecule has 1 aromatic rings. The third-order valence-electron chi connectivity index (χ3n) is 3.34. The van der Waals surface area contributed by atoms with Crippen LogP contribution in [0.25, 0.3) is 0 Å². The van der Waals surface area contributed by atoms with E-state index in [1.54, 1.807) is 27.9 Å². The first-order chi connectivity index (χ1) is 11.3. The highest BCUT2D eigenvalue weighted by atomic mass is 16.6. The van der Waals surface area contributed by atoms with Gasteiger partial charge in [0.15, 0.2) is 0 Å². The van der Waals surface area contributed by atoms with E-state index in [9.17, 15) is 9.59 Å². The second-order valence-electron chi connectivity index (χ2n) is 5.78. The molecule has 0 saturated heterocycles. The molecule has 0 aliphatic heterocycles. The van der Waals surface area contributed by atoms with Crippen LogP contribution in [0.2, 0.25) is 0 Å². The number of likely N-dealkylation sites (N-methyl/N-ethyl adjacent to an activating group) is 2. The quantitative estimate of drug-likeness (QED) is 0.828. The van der Waals surface area contributed by atoms with E-state index in [4.69, 9.17) is 9.47 Å². The van der Waals surface area contributed by atoms with Crippen LogP contribution in [0.3, 0.4) is 0 Å². The van der Waals surface area contributed by atoms with Crippen LogP contribution in [0.5, 0.6) is 0 Å². The highest BCUT2D eigenvalue weighted by Crippen LogP contribution is 2.10. The smallest absolute Gasteiger partial charge is 0.409 e. The van der Waals surface area contributed by atoms with Crippen molar-refractivity contribution in [3.63, 3.8) is 0 Å². The van der Waals surface area contributed by atoms with Gasteiger partial charge in [-0.1, -0.05) is 12.1 Å². The molecule has 0 aliphatic rings. The summed E-state index contributed by atoms with van der Waals surface area (Å²) in [4.78, 5) is 26.5. The van der Waals surface area contributed by atoms with E-state index in [1.807, 2.05) is 31.3 Å². The van der Waals surface area contributed by atoms with Crippen molar-refractivity contribution in [3.05, 3.63) is 29.8 Å². The molecular formula is C17H27N3O4. The van der Waals surface area contributed by atoms with Gasteiger partial charge in [0.1, 0.15) is 6.61 Å². The van der Waals surface area contributed by atoms with E-state index >= 15 is 0 Å². The topological polar surface area (TPSA) is 71.1 Å². The van der Waals surface area contributed by atoms with Crippen LogP contribution in [0.1, 0.15) is 19.4 Å². The SMILES string of the molecule is CNc1ccc(COC(=O)N(C)CCN(C)C(=O)OC(C)C)cc1. The molecule has 0 bridgehead atoms. The molecule has 0 unspecified atom stereocenters. The normalized spacial score (nSPS) is 10.2. The number of amides is 2. The maximum absolute atomic E-state index is 12.0. The summed E-state index contributed by atoms with van der Waals surface area (Å²) in [6, 6.07) is 7.63. The van der Waals surface area contributed by atoms with E-state index < -0.39 is 12.2 Å². The molecule has 0 saturated carbocycles. The van der Waals surface area contributed by atoms with E-state index in [1.165, 1.54) is 9.80 Å². The fraction of sp³-hybridized carbons (Fsp3) is 0.529. The molecule has 7 heteroatoms. The van der Waals surface area contributed by atoms with Gasteiger partial charge in [0, 0.05) is 39.9 Å². The van der Waals surface area contributed by atoms with Gasteiger partial charge < -0.3 is 24.6 Å². The van der Waals surface area contributed by atoms with Crippen molar-refractivity contribution in [1.82, 2.24) is 9.80 Å². The van der Waals surface area contributed by atoms with E-state index in [0.717, 1.165) is 11.3 Å². The number of carbonyl (C=O) groups is 2. The van der Waals surface area contributed by atoms with Gasteiger partial charge >= 0.3 is 12.2 Å². The van der Waals surface area contributed by atoms with Crippen LogP contribution >= 0.6 is 0 Å². The standard InChI is InChI=1S/C17H27N3O4/c1-13(2)24-17(22)20(5)11-10-19(4)16(21)23-12-14-6-8-15(18-3)9-7-14/h6-9,13,18H,10-12H2,1-5H3. The lowest BCUT2D eigenvalue weighted by molar-refractivity contribution is 0.0768. The number of anilines is 1. The number of carbonyl (C=O) groups excluding carboxylic acids is 2. The summed E-state index contributed by atoms with van der Waals surface area (Å²) in [6.07, 6.45) is -1.01. The van der Waals surface area contributed by atoms with Crippen molar-refractivity contribution in [2.45, 2.75) is 26.6 Å². The fourth-order valence-corrected chi connectivity index (χ4v) is 1.80. The number of hydrogen-bond donors (Lipinski definition) is 1. The predicted molar refractivity (Wildman–Crippen MR) is 93.1 cm³/mol. The van der Waals surface area contributed by atoms with Crippen LogP contribution in [-0.4, -0.2) is 62.3 Å². The van der Waals surface area contributed by atoms with Gasteiger partial charge in [-0.15, -0.1) is 0 Å². The number of nitrogens with one attached hydrogen (secondary N) is 1. The molecule has 7 nitrogen and oxygen atoms in total. The maximum Gasteiger partial charge on any atom is 0.409 e. The van der Waals surface area contributed by atoms with E-state index in [2.05, 4.69) is 5.32 Å². The van der Waals surface area contributed by atoms with Crippen LogP contribution in [0.4, 0.5) is 15.3 Å². The number of nitrogens with zero attached hydrogens (tertiary/aromatic N) is 2. The molecule has 2 amide bonds. The molecule has 1 rings (SSSR count). The molecule has 0 radical (unpaired) electrons. The molecule has 0 aromatic heterocycles. The third-order valence-corrected chi connectivity index (χ3v) is 3.34. The van der Waals surface area contributed by atoms with Crippen molar-refractivity contribution in [2.75, 3.05) is 39.5 Å². The van der Waals surface area contributed by atoms with Crippen molar-refractivity contribution in [1.29, 1.82) is 0 Å². The number of benzene rings is 1. The largest absolute Gasteiger partial charge is 0.447 e. The Morgan fingerprint density at radius 3 is 2.08 bits per heavy atom. The fourth-order valence-electron chi connectivity index (χ4n) is 1.80. The lowest BCUT2D eigenvalue weighted by Gasteiger charge is -2.22. The highest BCUT2D eigenvalue weighted by molar-refractivity contribution is 5.68. The van der Waals surface area contributed by atoms with Crippen LogP contribution in [-0.2, 0) is 16.1 Å². The molecule has 0 heterocycles. The first-order valence-electron chi connectivity index (χ1n) is 7.89. The summed E-state index contributed by atoms with van der Waals surface area (Å²) < 4.78 is 10.3. The van der Waals surface area contributed by atoms with Gasteiger partial charge in [0.2, 0.25) is 0 Å². The summed E-state index contributed by atoms with van der Waals surface area (Å²) in [5, 5.41) is 3.03. The lowest BCUT2D eigenvalue weighted by atomic mass is 10.2. The lowest BCUT2D eigenvalue weighted by Crippen LogP contribution is -2.38. The van der Waals surface area contributed by atoms with Crippen molar-refractivity contribution < 1.29 is 19.1 Å². The summed E-state index contributed by atoms with van der Waals surface area (Å²) in [6.45, 7) is 4.52. The second-order valence-corrected chi connectivity index (χ2v) is 5.78. The van der Waals surface area contributed by atoms with Crippen LogP contribution in [0.15, 0.2) is 24.3 Å². The van der Waals surface area contributed by atoms with Gasteiger partial charge in [-0.3, -0.25) is 0 Å². The Morgan fingerprint density at radius 2 is 1.58 bits per heavy atom. The van der Waals surface area contributed by atoms with E-state index in [-0.39, 0.29) is 12.7 Å². The summed E-state index contributed by atoms with van der Waals surface area (Å²) in [5.41, 5.74) is 1.91. The predicted octanol–water partition coefficient (Wildman–Crippen LogP) is 2.77. The van der Waals surface area contributed by atoms with Crippen LogP contribution in [0, 0.1) is 0 Å². The molecular weight excluding hydrogens is 310 g/mol. The molecule has 0 fully saturated rings. The molecule has 1 aromatic carbocycles. The summed E-state index contributed by atoms with van der Waals surface area (Å²) >= 11 is 0. The first-order valence-corrected chi connectivity index (χ1v) is 7.89. The second kappa shape index (κ2) is 9.64. The minimum absolute atomic E-state index is 0.169. The zero-order valence-corrected chi connectivity index (χ0v) is 15.0.